The Morgan fingerprint density at radius 3 is 1.90 bits per heavy atom. The molecule has 3 nitrogen and oxygen atoms in total. The average Bonchev–Trinajstić information content (AvgIpc) is 2.72. The molecule has 0 radical (unpaired) electrons. The highest BCUT2D eigenvalue weighted by atomic mass is 16.6. The standard InChI is InChI=1S/C18H19NO2/c1-18(2,3)19-17(20)21-16-14-10-6-4-8-12(14)13-9-5-7-11-15(13)16/h4-11,16H,1-3H3,(H,19,20). The highest BCUT2D eigenvalue weighted by Gasteiger charge is 2.31. The summed E-state index contributed by atoms with van der Waals surface area (Å²) in [4.78, 5) is 12.1. The van der Waals surface area contributed by atoms with Crippen molar-refractivity contribution in [2.75, 3.05) is 0 Å². The van der Waals surface area contributed by atoms with Gasteiger partial charge >= 0.3 is 6.09 Å². The van der Waals surface area contributed by atoms with Crippen LogP contribution in [0.15, 0.2) is 48.5 Å². The molecule has 2 aromatic carbocycles. The summed E-state index contributed by atoms with van der Waals surface area (Å²) >= 11 is 0. The minimum Gasteiger partial charge on any atom is -0.436 e. The summed E-state index contributed by atoms with van der Waals surface area (Å²) in [6, 6.07) is 16.1. The molecule has 21 heavy (non-hydrogen) atoms. The Kier molecular flexibility index (Phi) is 3.20. The molecule has 0 atom stereocenters. The summed E-state index contributed by atoms with van der Waals surface area (Å²) in [5, 5.41) is 2.85. The van der Waals surface area contributed by atoms with Crippen molar-refractivity contribution < 1.29 is 9.53 Å². The van der Waals surface area contributed by atoms with Gasteiger partial charge < -0.3 is 10.1 Å². The normalized spacial score (nSPS) is 13.5. The second-order valence-corrected chi connectivity index (χ2v) is 6.33. The van der Waals surface area contributed by atoms with Crippen LogP contribution >= 0.6 is 0 Å². The van der Waals surface area contributed by atoms with Gasteiger partial charge in [-0.15, -0.1) is 0 Å². The van der Waals surface area contributed by atoms with E-state index in [4.69, 9.17) is 4.74 Å². The SMILES string of the molecule is CC(C)(C)NC(=O)OC1c2ccccc2-c2ccccc21. The molecule has 0 unspecified atom stereocenters. The summed E-state index contributed by atoms with van der Waals surface area (Å²) < 4.78 is 5.69. The lowest BCUT2D eigenvalue weighted by atomic mass is 10.1. The molecule has 0 aromatic heterocycles. The van der Waals surface area contributed by atoms with E-state index in [1.807, 2.05) is 57.2 Å². The van der Waals surface area contributed by atoms with Crippen LogP contribution in [0.3, 0.4) is 0 Å². The Morgan fingerprint density at radius 2 is 1.43 bits per heavy atom. The first kappa shape index (κ1) is 13.7. The van der Waals surface area contributed by atoms with E-state index in [2.05, 4.69) is 17.4 Å². The van der Waals surface area contributed by atoms with E-state index in [0.717, 1.165) is 22.3 Å². The van der Waals surface area contributed by atoms with Gasteiger partial charge in [-0.2, -0.15) is 0 Å². The van der Waals surface area contributed by atoms with Gasteiger partial charge in [0.1, 0.15) is 0 Å². The van der Waals surface area contributed by atoms with E-state index >= 15 is 0 Å². The van der Waals surface area contributed by atoms with Crippen molar-refractivity contribution in [2.24, 2.45) is 0 Å². The molecule has 108 valence electrons. The molecule has 3 rings (SSSR count). The van der Waals surface area contributed by atoms with Gasteiger partial charge in [-0.25, -0.2) is 4.79 Å². The number of rotatable bonds is 1. The number of benzene rings is 2. The van der Waals surface area contributed by atoms with Crippen molar-refractivity contribution >= 4 is 6.09 Å². The fourth-order valence-electron chi connectivity index (χ4n) is 2.68. The molecule has 3 heteroatoms. The first-order valence-electron chi connectivity index (χ1n) is 7.13. The van der Waals surface area contributed by atoms with Crippen LogP contribution in [0.25, 0.3) is 11.1 Å². The topological polar surface area (TPSA) is 38.3 Å². The highest BCUT2D eigenvalue weighted by molar-refractivity contribution is 5.79. The van der Waals surface area contributed by atoms with Gasteiger partial charge in [-0.1, -0.05) is 48.5 Å². The summed E-state index contributed by atoms with van der Waals surface area (Å²) in [5.74, 6) is 0. The second kappa shape index (κ2) is 4.92. The molecular formula is C18H19NO2. The fourth-order valence-corrected chi connectivity index (χ4v) is 2.68. The Labute approximate surface area is 124 Å². The number of carbonyl (C=O) groups excluding carboxylic acids is 1. The zero-order valence-electron chi connectivity index (χ0n) is 12.5. The number of hydrogen-bond acceptors (Lipinski definition) is 2. The molecule has 0 spiro atoms. The van der Waals surface area contributed by atoms with Crippen LogP contribution in [0.2, 0.25) is 0 Å². The molecule has 0 saturated carbocycles. The molecule has 0 heterocycles. The fraction of sp³-hybridized carbons (Fsp3) is 0.278. The van der Waals surface area contributed by atoms with Crippen molar-refractivity contribution in [2.45, 2.75) is 32.4 Å². The molecule has 1 N–H and O–H groups in total. The zero-order valence-corrected chi connectivity index (χ0v) is 12.5. The summed E-state index contributed by atoms with van der Waals surface area (Å²) in [5.41, 5.74) is 4.06. The van der Waals surface area contributed by atoms with E-state index in [1.54, 1.807) is 0 Å². The molecule has 1 aliphatic rings. The number of ether oxygens (including phenoxy) is 1. The number of hydrogen-bond donors (Lipinski definition) is 1. The highest BCUT2D eigenvalue weighted by Crippen LogP contribution is 2.44. The van der Waals surface area contributed by atoms with Gasteiger partial charge in [0.05, 0.1) is 0 Å². The van der Waals surface area contributed by atoms with Gasteiger partial charge in [0.15, 0.2) is 6.10 Å². The molecule has 1 amide bonds. The second-order valence-electron chi connectivity index (χ2n) is 6.33. The largest absolute Gasteiger partial charge is 0.436 e. The summed E-state index contributed by atoms with van der Waals surface area (Å²) in [7, 11) is 0. The van der Waals surface area contributed by atoms with Crippen LogP contribution in [0.4, 0.5) is 4.79 Å². The van der Waals surface area contributed by atoms with Crippen LogP contribution in [0.5, 0.6) is 0 Å². The number of nitrogens with one attached hydrogen (secondary N) is 1. The monoisotopic (exact) mass is 281 g/mol. The summed E-state index contributed by atoms with van der Waals surface area (Å²) in [6.07, 6.45) is -0.723. The minimum atomic E-state index is -0.390. The first-order valence-corrected chi connectivity index (χ1v) is 7.13. The Bertz CT molecular complexity index is 640. The zero-order chi connectivity index (χ0) is 15.0. The van der Waals surface area contributed by atoms with Crippen molar-refractivity contribution in [1.29, 1.82) is 0 Å². The van der Waals surface area contributed by atoms with E-state index < -0.39 is 0 Å². The molecular weight excluding hydrogens is 262 g/mol. The number of carbonyl (C=O) groups is 1. The quantitative estimate of drug-likeness (QED) is 0.847. The van der Waals surface area contributed by atoms with Crippen LogP contribution in [0, 0.1) is 0 Å². The molecule has 0 bridgehead atoms. The van der Waals surface area contributed by atoms with Gasteiger partial charge in [0, 0.05) is 16.7 Å². The van der Waals surface area contributed by atoms with E-state index in [-0.39, 0.29) is 17.7 Å². The van der Waals surface area contributed by atoms with Crippen molar-refractivity contribution in [3.63, 3.8) is 0 Å². The van der Waals surface area contributed by atoms with Gasteiger partial charge in [0.25, 0.3) is 0 Å². The third kappa shape index (κ3) is 2.64. The molecule has 0 saturated heterocycles. The lowest BCUT2D eigenvalue weighted by molar-refractivity contribution is 0.111. The molecule has 1 aliphatic carbocycles. The van der Waals surface area contributed by atoms with Gasteiger partial charge in [-0.3, -0.25) is 0 Å². The third-order valence-corrected chi connectivity index (χ3v) is 3.48. The van der Waals surface area contributed by atoms with Crippen LogP contribution in [-0.2, 0) is 4.74 Å². The number of amides is 1. The Balaban J connectivity index is 1.94. The lowest BCUT2D eigenvalue weighted by Crippen LogP contribution is -2.41. The van der Waals surface area contributed by atoms with Crippen molar-refractivity contribution in [3.8, 4) is 11.1 Å². The smallest absolute Gasteiger partial charge is 0.408 e. The van der Waals surface area contributed by atoms with Crippen molar-refractivity contribution in [3.05, 3.63) is 59.7 Å². The van der Waals surface area contributed by atoms with Crippen LogP contribution in [0.1, 0.15) is 38.0 Å². The maximum Gasteiger partial charge on any atom is 0.408 e. The number of fused-ring (bicyclic) bond motifs is 3. The van der Waals surface area contributed by atoms with Gasteiger partial charge in [0.2, 0.25) is 0 Å². The Hall–Kier alpha value is -2.29. The predicted molar refractivity (Wildman–Crippen MR) is 83.1 cm³/mol. The minimum absolute atomic E-state index is 0.311. The predicted octanol–water partition coefficient (Wildman–Crippen LogP) is 4.28. The van der Waals surface area contributed by atoms with E-state index in [9.17, 15) is 4.79 Å². The summed E-state index contributed by atoms with van der Waals surface area (Å²) in [6.45, 7) is 5.81. The first-order chi connectivity index (χ1) is 9.96. The van der Waals surface area contributed by atoms with Crippen molar-refractivity contribution in [1.82, 2.24) is 5.32 Å². The third-order valence-electron chi connectivity index (χ3n) is 3.48. The average molecular weight is 281 g/mol. The maximum absolute atomic E-state index is 12.1. The molecule has 2 aromatic rings. The number of alkyl carbamates (subject to hydrolysis) is 1. The molecule has 0 aliphatic heterocycles. The van der Waals surface area contributed by atoms with Gasteiger partial charge in [-0.05, 0) is 31.9 Å². The lowest BCUT2D eigenvalue weighted by Gasteiger charge is -2.22. The maximum atomic E-state index is 12.1. The van der Waals surface area contributed by atoms with E-state index in [1.165, 1.54) is 0 Å². The Morgan fingerprint density at radius 1 is 0.952 bits per heavy atom. The molecule has 0 fully saturated rings. The van der Waals surface area contributed by atoms with Crippen LogP contribution in [-0.4, -0.2) is 11.6 Å². The van der Waals surface area contributed by atoms with Crippen LogP contribution < -0.4 is 5.32 Å². The van der Waals surface area contributed by atoms with E-state index in [0.29, 0.717) is 0 Å².